The zero-order valence-electron chi connectivity index (χ0n) is 8.49. The Labute approximate surface area is 84.4 Å². The summed E-state index contributed by atoms with van der Waals surface area (Å²) in [5.41, 5.74) is 2.00. The first kappa shape index (κ1) is 9.38. The lowest BCUT2D eigenvalue weighted by Crippen LogP contribution is -2.33. The molecule has 0 unspecified atom stereocenters. The van der Waals surface area contributed by atoms with Crippen LogP contribution >= 0.6 is 0 Å². The lowest BCUT2D eigenvalue weighted by atomic mass is 9.67. The molecular formula is C12H15NO. The van der Waals surface area contributed by atoms with E-state index in [0.717, 1.165) is 36.9 Å². The maximum absolute atomic E-state index is 11.0. The molecule has 1 aliphatic rings. The van der Waals surface area contributed by atoms with Crippen molar-refractivity contribution in [3.63, 3.8) is 0 Å². The van der Waals surface area contributed by atoms with Crippen LogP contribution in [0, 0.1) is 12.3 Å². The number of carbonyl (C=O) groups excluding carboxylic acids is 1. The number of carbonyl (C=O) groups is 1. The largest absolute Gasteiger partial charge is 0.303 e. The molecule has 0 atom stereocenters. The molecule has 1 fully saturated rings. The summed E-state index contributed by atoms with van der Waals surface area (Å²) in [6, 6.07) is 6.00. The molecule has 2 heteroatoms. The van der Waals surface area contributed by atoms with Gasteiger partial charge in [-0.25, -0.2) is 0 Å². The molecule has 14 heavy (non-hydrogen) atoms. The number of hydrogen-bond acceptors (Lipinski definition) is 2. The van der Waals surface area contributed by atoms with Crippen molar-refractivity contribution < 1.29 is 4.79 Å². The summed E-state index contributed by atoms with van der Waals surface area (Å²) < 4.78 is 0. The van der Waals surface area contributed by atoms with Crippen molar-refractivity contribution in [1.29, 1.82) is 0 Å². The van der Waals surface area contributed by atoms with E-state index < -0.39 is 0 Å². The van der Waals surface area contributed by atoms with Crippen molar-refractivity contribution in [2.45, 2.75) is 32.6 Å². The second-order valence-corrected chi connectivity index (χ2v) is 4.28. The molecule has 0 N–H and O–H groups in total. The minimum absolute atomic E-state index is 0.0825. The fraction of sp³-hybridized carbons (Fsp3) is 0.500. The molecule has 0 spiro atoms. The highest BCUT2D eigenvalue weighted by atomic mass is 16.1. The standard InChI is InChI=1S/C12H15NO/c1-10-4-2-5-11(13-10)8-12(9-14)6-3-7-12/h2,4-5,9H,3,6-8H2,1H3. The molecule has 0 amide bonds. The average molecular weight is 189 g/mol. The second kappa shape index (κ2) is 3.52. The van der Waals surface area contributed by atoms with E-state index in [2.05, 4.69) is 4.98 Å². The Hall–Kier alpha value is -1.18. The van der Waals surface area contributed by atoms with Crippen molar-refractivity contribution in [3.8, 4) is 0 Å². The third kappa shape index (κ3) is 1.69. The van der Waals surface area contributed by atoms with E-state index in [1.165, 1.54) is 6.42 Å². The molecule has 0 radical (unpaired) electrons. The summed E-state index contributed by atoms with van der Waals surface area (Å²) >= 11 is 0. The highest BCUT2D eigenvalue weighted by Crippen LogP contribution is 2.41. The summed E-state index contributed by atoms with van der Waals surface area (Å²) in [5.74, 6) is 0. The molecule has 1 saturated carbocycles. The number of hydrogen-bond donors (Lipinski definition) is 0. The summed E-state index contributed by atoms with van der Waals surface area (Å²) in [6.07, 6.45) is 5.20. The van der Waals surface area contributed by atoms with E-state index in [1.54, 1.807) is 0 Å². The summed E-state index contributed by atoms with van der Waals surface area (Å²) in [4.78, 5) is 15.4. The molecular weight excluding hydrogens is 174 g/mol. The van der Waals surface area contributed by atoms with Crippen LogP contribution in [0.3, 0.4) is 0 Å². The third-order valence-corrected chi connectivity index (χ3v) is 3.08. The Morgan fingerprint density at radius 2 is 2.29 bits per heavy atom. The SMILES string of the molecule is Cc1cccc(CC2(C=O)CCC2)n1. The zero-order valence-corrected chi connectivity index (χ0v) is 8.49. The highest BCUT2D eigenvalue weighted by molar-refractivity contribution is 5.61. The van der Waals surface area contributed by atoms with Gasteiger partial charge < -0.3 is 4.79 Å². The molecule has 0 bridgehead atoms. The second-order valence-electron chi connectivity index (χ2n) is 4.28. The van der Waals surface area contributed by atoms with Gasteiger partial charge in [0.25, 0.3) is 0 Å². The van der Waals surface area contributed by atoms with Crippen LogP contribution in [0.4, 0.5) is 0 Å². The van der Waals surface area contributed by atoms with Gasteiger partial charge in [-0.15, -0.1) is 0 Å². The van der Waals surface area contributed by atoms with Crippen molar-refractivity contribution in [3.05, 3.63) is 29.6 Å². The van der Waals surface area contributed by atoms with Gasteiger partial charge >= 0.3 is 0 Å². The smallest absolute Gasteiger partial charge is 0.126 e. The molecule has 1 aliphatic carbocycles. The molecule has 0 aromatic carbocycles. The van der Waals surface area contributed by atoms with E-state index in [4.69, 9.17) is 0 Å². The maximum Gasteiger partial charge on any atom is 0.126 e. The molecule has 74 valence electrons. The van der Waals surface area contributed by atoms with Crippen LogP contribution in [-0.2, 0) is 11.2 Å². The number of pyridine rings is 1. The fourth-order valence-corrected chi connectivity index (χ4v) is 2.03. The normalized spacial score (nSPS) is 18.6. The first-order valence-electron chi connectivity index (χ1n) is 5.13. The van der Waals surface area contributed by atoms with Gasteiger partial charge in [-0.2, -0.15) is 0 Å². The van der Waals surface area contributed by atoms with Gasteiger partial charge in [0.2, 0.25) is 0 Å². The van der Waals surface area contributed by atoms with Crippen molar-refractivity contribution in [1.82, 2.24) is 4.98 Å². The van der Waals surface area contributed by atoms with Gasteiger partial charge in [0.15, 0.2) is 0 Å². The molecule has 1 aromatic heterocycles. The molecule has 2 rings (SSSR count). The fourth-order valence-electron chi connectivity index (χ4n) is 2.03. The lowest BCUT2D eigenvalue weighted by Gasteiger charge is -2.36. The first-order valence-corrected chi connectivity index (χ1v) is 5.13. The van der Waals surface area contributed by atoms with Gasteiger partial charge in [0.05, 0.1) is 0 Å². The van der Waals surface area contributed by atoms with Crippen molar-refractivity contribution in [2.75, 3.05) is 0 Å². The van der Waals surface area contributed by atoms with Gasteiger partial charge in [-0.3, -0.25) is 4.98 Å². The first-order chi connectivity index (χ1) is 6.74. The van der Waals surface area contributed by atoms with E-state index in [1.807, 2.05) is 25.1 Å². The highest BCUT2D eigenvalue weighted by Gasteiger charge is 2.37. The van der Waals surface area contributed by atoms with E-state index in [-0.39, 0.29) is 5.41 Å². The van der Waals surface area contributed by atoms with Crippen LogP contribution in [0.2, 0.25) is 0 Å². The monoisotopic (exact) mass is 189 g/mol. The molecule has 1 heterocycles. The Morgan fingerprint density at radius 3 is 2.79 bits per heavy atom. The Morgan fingerprint density at radius 1 is 1.50 bits per heavy atom. The minimum Gasteiger partial charge on any atom is -0.303 e. The van der Waals surface area contributed by atoms with Crippen molar-refractivity contribution in [2.24, 2.45) is 5.41 Å². The van der Waals surface area contributed by atoms with Gasteiger partial charge in [0.1, 0.15) is 6.29 Å². The Bertz CT molecular complexity index is 342. The maximum atomic E-state index is 11.0. The summed E-state index contributed by atoms with van der Waals surface area (Å²) in [6.45, 7) is 1.98. The number of rotatable bonds is 3. The van der Waals surface area contributed by atoms with Gasteiger partial charge in [-0.1, -0.05) is 12.5 Å². The van der Waals surface area contributed by atoms with Crippen molar-refractivity contribution >= 4 is 6.29 Å². The molecule has 2 nitrogen and oxygen atoms in total. The zero-order chi connectivity index (χ0) is 10.0. The minimum atomic E-state index is -0.0825. The Kier molecular flexibility index (Phi) is 2.36. The predicted molar refractivity (Wildman–Crippen MR) is 55.0 cm³/mol. The van der Waals surface area contributed by atoms with Crippen LogP contribution in [0.5, 0.6) is 0 Å². The predicted octanol–water partition coefficient (Wildman–Crippen LogP) is 2.30. The number of aromatic nitrogens is 1. The topological polar surface area (TPSA) is 30.0 Å². The average Bonchev–Trinajstić information content (AvgIpc) is 2.11. The van der Waals surface area contributed by atoms with E-state index in [9.17, 15) is 4.79 Å². The van der Waals surface area contributed by atoms with Gasteiger partial charge in [-0.05, 0) is 31.9 Å². The van der Waals surface area contributed by atoms with E-state index >= 15 is 0 Å². The third-order valence-electron chi connectivity index (χ3n) is 3.08. The number of aryl methyl sites for hydroxylation is 1. The van der Waals surface area contributed by atoms with Crippen LogP contribution in [0.25, 0.3) is 0 Å². The quantitative estimate of drug-likeness (QED) is 0.683. The Balaban J connectivity index is 2.13. The van der Waals surface area contributed by atoms with E-state index in [0.29, 0.717) is 0 Å². The summed E-state index contributed by atoms with van der Waals surface area (Å²) in [5, 5.41) is 0. The van der Waals surface area contributed by atoms with Crippen LogP contribution in [-0.4, -0.2) is 11.3 Å². The van der Waals surface area contributed by atoms with Gasteiger partial charge in [0, 0.05) is 23.2 Å². The summed E-state index contributed by atoms with van der Waals surface area (Å²) in [7, 11) is 0. The molecule has 0 aliphatic heterocycles. The number of aldehydes is 1. The lowest BCUT2D eigenvalue weighted by molar-refractivity contribution is -0.120. The molecule has 1 aromatic rings. The van der Waals surface area contributed by atoms with Crippen LogP contribution in [0.15, 0.2) is 18.2 Å². The molecule has 0 saturated heterocycles. The van der Waals surface area contributed by atoms with Crippen LogP contribution < -0.4 is 0 Å². The number of nitrogens with zero attached hydrogens (tertiary/aromatic N) is 1. The van der Waals surface area contributed by atoms with Crippen LogP contribution in [0.1, 0.15) is 30.7 Å².